The Morgan fingerprint density at radius 1 is 0.667 bits per heavy atom. The van der Waals surface area contributed by atoms with E-state index in [0.717, 1.165) is 22.7 Å². The maximum Gasteiger partial charge on any atom is 0.0991 e. The molecule has 0 saturated carbocycles. The van der Waals surface area contributed by atoms with Crippen molar-refractivity contribution in [2.45, 2.75) is 6.92 Å². The Kier molecular flexibility index (Phi) is 8.14. The van der Waals surface area contributed by atoms with Gasteiger partial charge in [-0.1, -0.05) is 66.8 Å². The number of nitrogens with zero attached hydrogens (tertiary/aromatic N) is 3. The van der Waals surface area contributed by atoms with E-state index in [1.807, 2.05) is 55.6 Å². The van der Waals surface area contributed by atoms with Crippen molar-refractivity contribution in [2.75, 3.05) is 16.8 Å². The summed E-state index contributed by atoms with van der Waals surface area (Å²) < 4.78 is 0. The fraction of sp³-hybridized carbons (Fsp3) is 0.0606. The van der Waals surface area contributed by atoms with Crippen LogP contribution in [0, 0.1) is 11.3 Å². The number of para-hydroxylation sites is 1. The Bertz CT molecular complexity index is 1380. The van der Waals surface area contributed by atoms with E-state index in [2.05, 4.69) is 114 Å². The van der Waals surface area contributed by atoms with Gasteiger partial charge in [-0.25, -0.2) is 0 Å². The average Bonchev–Trinajstić information content (AvgIpc) is 2.96. The van der Waals surface area contributed by atoms with E-state index in [9.17, 15) is 0 Å². The van der Waals surface area contributed by atoms with Crippen LogP contribution < -0.4 is 9.80 Å². The summed E-state index contributed by atoms with van der Waals surface area (Å²) in [5.41, 5.74) is 7.30. The third-order valence-electron chi connectivity index (χ3n) is 5.97. The Labute approximate surface area is 214 Å². The average molecular weight is 468 g/mol. The van der Waals surface area contributed by atoms with Crippen LogP contribution in [0.2, 0.25) is 0 Å². The van der Waals surface area contributed by atoms with Gasteiger partial charge in [0, 0.05) is 36.0 Å². The summed E-state index contributed by atoms with van der Waals surface area (Å²) >= 11 is 0. The molecule has 3 nitrogen and oxygen atoms in total. The lowest BCUT2D eigenvalue weighted by Crippen LogP contribution is -2.11. The van der Waals surface area contributed by atoms with Crippen molar-refractivity contribution in [2.24, 2.45) is 0 Å². The second kappa shape index (κ2) is 12.1. The summed E-state index contributed by atoms with van der Waals surface area (Å²) in [4.78, 5) is 4.28. The third kappa shape index (κ3) is 6.00. The smallest absolute Gasteiger partial charge is 0.0991 e. The summed E-state index contributed by atoms with van der Waals surface area (Å²) in [5, 5.41) is 9.05. The summed E-state index contributed by atoms with van der Waals surface area (Å²) in [6.07, 6.45) is 10.5. The van der Waals surface area contributed by atoms with E-state index in [4.69, 9.17) is 5.26 Å². The van der Waals surface area contributed by atoms with Crippen molar-refractivity contribution in [3.8, 4) is 6.07 Å². The molecule has 0 saturated heterocycles. The zero-order chi connectivity index (χ0) is 25.2. The first-order valence-electron chi connectivity index (χ1n) is 11.9. The van der Waals surface area contributed by atoms with Crippen LogP contribution in [-0.4, -0.2) is 7.05 Å². The molecule has 0 aliphatic carbocycles. The van der Waals surface area contributed by atoms with E-state index in [1.54, 1.807) is 0 Å². The fourth-order valence-corrected chi connectivity index (χ4v) is 3.94. The van der Waals surface area contributed by atoms with E-state index < -0.39 is 0 Å². The zero-order valence-corrected chi connectivity index (χ0v) is 20.6. The molecule has 4 aromatic rings. The lowest BCUT2D eigenvalue weighted by Gasteiger charge is -2.23. The maximum absolute atomic E-state index is 9.05. The van der Waals surface area contributed by atoms with Crippen molar-refractivity contribution in [3.05, 3.63) is 151 Å². The topological polar surface area (TPSA) is 30.3 Å². The number of allylic oxidation sites excluding steroid dienone is 5. The molecule has 0 fully saturated rings. The molecule has 3 heteroatoms. The van der Waals surface area contributed by atoms with Crippen LogP contribution in [-0.2, 0) is 0 Å². The van der Waals surface area contributed by atoms with Gasteiger partial charge >= 0.3 is 0 Å². The summed E-state index contributed by atoms with van der Waals surface area (Å²) in [6.45, 7) is 2.06. The second-order valence-electron chi connectivity index (χ2n) is 8.25. The van der Waals surface area contributed by atoms with Gasteiger partial charge in [0.25, 0.3) is 0 Å². The molecule has 0 radical (unpaired) electrons. The molecule has 176 valence electrons. The highest BCUT2D eigenvalue weighted by molar-refractivity contribution is 5.74. The number of hydrogen-bond acceptors (Lipinski definition) is 3. The monoisotopic (exact) mass is 467 g/mol. The molecular weight excluding hydrogens is 438 g/mol. The normalized spacial score (nSPS) is 11.5. The first-order valence-corrected chi connectivity index (χ1v) is 11.9. The summed E-state index contributed by atoms with van der Waals surface area (Å²) in [5.74, 6) is 0. The Morgan fingerprint density at radius 2 is 1.19 bits per heavy atom. The quantitative estimate of drug-likeness (QED) is 0.243. The highest BCUT2D eigenvalue weighted by atomic mass is 15.1. The predicted octanol–water partition coefficient (Wildman–Crippen LogP) is 8.64. The highest BCUT2D eigenvalue weighted by Crippen LogP contribution is 2.30. The van der Waals surface area contributed by atoms with Gasteiger partial charge in [0.2, 0.25) is 0 Å². The van der Waals surface area contributed by atoms with Crippen LogP contribution in [0.1, 0.15) is 18.1 Å². The standard InChI is InChI=1S/C33H29N3/c1-3-28(29-13-6-4-7-14-29)12-10-11-25-36(32-15-8-5-9-16-32)33-23-21-31(22-24-33)35(2)30-19-17-27(26-34)18-20-30/h3-25H,1-2H3/b12-10-,25-11+,28-3+. The van der Waals surface area contributed by atoms with Crippen LogP contribution in [0.4, 0.5) is 22.7 Å². The number of hydrogen-bond donors (Lipinski definition) is 0. The van der Waals surface area contributed by atoms with Gasteiger partial charge in [-0.3, -0.25) is 0 Å². The number of anilines is 4. The molecule has 0 aliphatic rings. The van der Waals surface area contributed by atoms with E-state index >= 15 is 0 Å². The zero-order valence-electron chi connectivity index (χ0n) is 20.6. The Balaban J connectivity index is 1.55. The lowest BCUT2D eigenvalue weighted by atomic mass is 10.1. The molecular formula is C33H29N3. The Morgan fingerprint density at radius 3 is 1.78 bits per heavy atom. The van der Waals surface area contributed by atoms with Crippen LogP contribution >= 0.6 is 0 Å². The van der Waals surface area contributed by atoms with E-state index in [1.165, 1.54) is 11.1 Å². The van der Waals surface area contributed by atoms with Crippen molar-refractivity contribution in [1.82, 2.24) is 0 Å². The van der Waals surface area contributed by atoms with Crippen LogP contribution in [0.25, 0.3) is 5.57 Å². The van der Waals surface area contributed by atoms with Crippen molar-refractivity contribution < 1.29 is 0 Å². The molecule has 36 heavy (non-hydrogen) atoms. The summed E-state index contributed by atoms with van der Waals surface area (Å²) in [7, 11) is 2.03. The summed E-state index contributed by atoms with van der Waals surface area (Å²) in [6, 6.07) is 39.0. The molecule has 0 aromatic heterocycles. The van der Waals surface area contributed by atoms with E-state index in [-0.39, 0.29) is 0 Å². The SMILES string of the molecule is C\C=C(/C=C\C=C\N(c1ccccc1)c1ccc(N(C)c2ccc(C#N)cc2)cc1)c1ccccc1. The Hall–Kier alpha value is -4.81. The molecule has 0 aliphatic heterocycles. The first-order chi connectivity index (χ1) is 17.7. The minimum absolute atomic E-state index is 0.659. The molecule has 0 atom stereocenters. The molecule has 0 bridgehead atoms. The number of benzene rings is 4. The predicted molar refractivity (Wildman–Crippen MR) is 153 cm³/mol. The molecule has 4 aromatic carbocycles. The molecule has 4 rings (SSSR count). The van der Waals surface area contributed by atoms with Crippen molar-refractivity contribution in [1.29, 1.82) is 5.26 Å². The largest absolute Gasteiger partial charge is 0.345 e. The van der Waals surface area contributed by atoms with Crippen LogP contribution in [0.15, 0.2) is 140 Å². The van der Waals surface area contributed by atoms with Crippen molar-refractivity contribution >= 4 is 28.3 Å². The highest BCUT2D eigenvalue weighted by Gasteiger charge is 2.08. The molecule has 0 spiro atoms. The second-order valence-corrected chi connectivity index (χ2v) is 8.25. The van der Waals surface area contributed by atoms with Gasteiger partial charge in [-0.15, -0.1) is 0 Å². The van der Waals surface area contributed by atoms with Gasteiger partial charge in [0.15, 0.2) is 0 Å². The fourth-order valence-electron chi connectivity index (χ4n) is 3.94. The van der Waals surface area contributed by atoms with Gasteiger partial charge < -0.3 is 9.80 Å². The minimum atomic E-state index is 0.659. The molecule has 0 N–H and O–H groups in total. The van der Waals surface area contributed by atoms with Gasteiger partial charge in [0.05, 0.1) is 11.6 Å². The molecule has 0 heterocycles. The van der Waals surface area contributed by atoms with E-state index in [0.29, 0.717) is 5.56 Å². The molecule has 0 amide bonds. The lowest BCUT2D eigenvalue weighted by molar-refractivity contribution is 1.20. The van der Waals surface area contributed by atoms with Crippen molar-refractivity contribution in [3.63, 3.8) is 0 Å². The number of rotatable bonds is 8. The van der Waals surface area contributed by atoms with Gasteiger partial charge in [-0.05, 0) is 84.8 Å². The van der Waals surface area contributed by atoms with Crippen LogP contribution in [0.5, 0.6) is 0 Å². The van der Waals surface area contributed by atoms with Crippen LogP contribution in [0.3, 0.4) is 0 Å². The van der Waals surface area contributed by atoms with Gasteiger partial charge in [-0.2, -0.15) is 5.26 Å². The van der Waals surface area contributed by atoms with Gasteiger partial charge in [0.1, 0.15) is 0 Å². The molecule has 0 unspecified atom stereocenters. The minimum Gasteiger partial charge on any atom is -0.345 e. The maximum atomic E-state index is 9.05. The number of nitriles is 1. The first kappa shape index (κ1) is 24.3. The third-order valence-corrected chi connectivity index (χ3v) is 5.97.